The van der Waals surface area contributed by atoms with Gasteiger partial charge in [0.2, 0.25) is 0 Å². The van der Waals surface area contributed by atoms with Crippen molar-refractivity contribution in [2.24, 2.45) is 0 Å². The maximum atomic E-state index is 4.50. The SMILES string of the molecule is CCCCCCCCCCc1nccc(C)c1C. The molecule has 1 heteroatoms. The molecular weight excluding hydrogens is 218 g/mol. The fourth-order valence-electron chi connectivity index (χ4n) is 2.37. The third-order valence-electron chi connectivity index (χ3n) is 3.85. The predicted octanol–water partition coefficient (Wildman–Crippen LogP) is 5.38. The molecule has 0 spiro atoms. The van der Waals surface area contributed by atoms with Gasteiger partial charge in [-0.15, -0.1) is 0 Å². The highest BCUT2D eigenvalue weighted by molar-refractivity contribution is 5.27. The largest absolute Gasteiger partial charge is 0.261 e. The number of rotatable bonds is 9. The number of pyridine rings is 1. The van der Waals surface area contributed by atoms with Crippen molar-refractivity contribution in [3.05, 3.63) is 29.1 Å². The molecule has 0 amide bonds. The summed E-state index contributed by atoms with van der Waals surface area (Å²) in [6.45, 7) is 6.65. The van der Waals surface area contributed by atoms with E-state index in [1.165, 1.54) is 68.2 Å². The van der Waals surface area contributed by atoms with Crippen molar-refractivity contribution >= 4 is 0 Å². The second-order valence-corrected chi connectivity index (χ2v) is 5.42. The van der Waals surface area contributed by atoms with Crippen molar-refractivity contribution in [2.75, 3.05) is 0 Å². The Labute approximate surface area is 113 Å². The van der Waals surface area contributed by atoms with Gasteiger partial charge in [-0.1, -0.05) is 51.9 Å². The summed E-state index contributed by atoms with van der Waals surface area (Å²) in [7, 11) is 0. The molecule has 0 saturated heterocycles. The van der Waals surface area contributed by atoms with Gasteiger partial charge in [0.05, 0.1) is 0 Å². The summed E-state index contributed by atoms with van der Waals surface area (Å²) >= 11 is 0. The molecular formula is C17H29N. The number of hydrogen-bond donors (Lipinski definition) is 0. The van der Waals surface area contributed by atoms with Crippen molar-refractivity contribution in [1.29, 1.82) is 0 Å². The Morgan fingerprint density at radius 3 is 2.17 bits per heavy atom. The molecule has 0 N–H and O–H groups in total. The number of unbranched alkanes of at least 4 members (excludes halogenated alkanes) is 7. The van der Waals surface area contributed by atoms with E-state index in [4.69, 9.17) is 0 Å². The number of nitrogens with zero attached hydrogens (tertiary/aromatic N) is 1. The summed E-state index contributed by atoms with van der Waals surface area (Å²) in [6, 6.07) is 2.10. The van der Waals surface area contributed by atoms with E-state index in [0.717, 1.165) is 6.42 Å². The van der Waals surface area contributed by atoms with Crippen LogP contribution in [0.2, 0.25) is 0 Å². The average molecular weight is 247 g/mol. The number of hydrogen-bond acceptors (Lipinski definition) is 1. The van der Waals surface area contributed by atoms with E-state index in [-0.39, 0.29) is 0 Å². The van der Waals surface area contributed by atoms with Gasteiger partial charge in [0.15, 0.2) is 0 Å². The molecule has 1 aromatic heterocycles. The standard InChI is InChI=1S/C17H29N/c1-4-5-6-7-8-9-10-11-12-17-16(3)15(2)13-14-18-17/h13-14H,4-12H2,1-3H3. The molecule has 0 aliphatic carbocycles. The lowest BCUT2D eigenvalue weighted by Gasteiger charge is -2.07. The van der Waals surface area contributed by atoms with Gasteiger partial charge in [-0.3, -0.25) is 4.98 Å². The Morgan fingerprint density at radius 1 is 0.889 bits per heavy atom. The first-order valence-corrected chi connectivity index (χ1v) is 7.66. The van der Waals surface area contributed by atoms with Crippen LogP contribution >= 0.6 is 0 Å². The predicted molar refractivity (Wildman–Crippen MR) is 80.0 cm³/mol. The zero-order valence-corrected chi connectivity index (χ0v) is 12.5. The molecule has 1 rings (SSSR count). The minimum Gasteiger partial charge on any atom is -0.261 e. The van der Waals surface area contributed by atoms with Crippen LogP contribution in [0.25, 0.3) is 0 Å². The second kappa shape index (κ2) is 9.13. The zero-order valence-electron chi connectivity index (χ0n) is 12.5. The van der Waals surface area contributed by atoms with Crippen LogP contribution in [0.15, 0.2) is 12.3 Å². The van der Waals surface area contributed by atoms with Gasteiger partial charge < -0.3 is 0 Å². The van der Waals surface area contributed by atoms with Crippen LogP contribution in [-0.4, -0.2) is 4.98 Å². The van der Waals surface area contributed by atoms with Gasteiger partial charge in [-0.2, -0.15) is 0 Å². The maximum absolute atomic E-state index is 4.50. The minimum atomic E-state index is 1.16. The monoisotopic (exact) mass is 247 g/mol. The van der Waals surface area contributed by atoms with Crippen molar-refractivity contribution in [3.8, 4) is 0 Å². The Morgan fingerprint density at radius 2 is 1.50 bits per heavy atom. The van der Waals surface area contributed by atoms with Crippen LogP contribution in [-0.2, 0) is 6.42 Å². The number of aryl methyl sites for hydroxylation is 2. The highest BCUT2D eigenvalue weighted by Gasteiger charge is 2.01. The van der Waals surface area contributed by atoms with Crippen LogP contribution in [0, 0.1) is 13.8 Å². The molecule has 18 heavy (non-hydrogen) atoms. The molecule has 0 atom stereocenters. The first-order valence-electron chi connectivity index (χ1n) is 7.66. The van der Waals surface area contributed by atoms with Crippen LogP contribution in [0.5, 0.6) is 0 Å². The average Bonchev–Trinajstić information content (AvgIpc) is 2.37. The van der Waals surface area contributed by atoms with Crippen LogP contribution in [0.4, 0.5) is 0 Å². The minimum absolute atomic E-state index is 1.16. The van der Waals surface area contributed by atoms with E-state index < -0.39 is 0 Å². The Balaban J connectivity index is 2.09. The van der Waals surface area contributed by atoms with E-state index in [9.17, 15) is 0 Å². The van der Waals surface area contributed by atoms with Crippen LogP contribution in [0.1, 0.15) is 75.1 Å². The lowest BCUT2D eigenvalue weighted by atomic mass is 10.0. The molecule has 1 heterocycles. The molecule has 0 aliphatic rings. The lowest BCUT2D eigenvalue weighted by Crippen LogP contribution is -1.96. The summed E-state index contributed by atoms with van der Waals surface area (Å²) in [6.07, 6.45) is 14.2. The van der Waals surface area contributed by atoms with E-state index in [1.54, 1.807) is 0 Å². The molecule has 1 aromatic rings. The fourth-order valence-corrected chi connectivity index (χ4v) is 2.37. The third-order valence-corrected chi connectivity index (χ3v) is 3.85. The lowest BCUT2D eigenvalue weighted by molar-refractivity contribution is 0.573. The molecule has 0 aliphatic heterocycles. The smallest absolute Gasteiger partial charge is 0.0435 e. The van der Waals surface area contributed by atoms with Crippen LogP contribution in [0.3, 0.4) is 0 Å². The Kier molecular flexibility index (Phi) is 7.71. The topological polar surface area (TPSA) is 12.9 Å². The normalized spacial score (nSPS) is 10.8. The Bertz CT molecular complexity index is 330. The molecule has 0 radical (unpaired) electrons. The number of aromatic nitrogens is 1. The van der Waals surface area contributed by atoms with E-state index in [1.807, 2.05) is 6.20 Å². The van der Waals surface area contributed by atoms with E-state index in [0.29, 0.717) is 0 Å². The maximum Gasteiger partial charge on any atom is 0.0435 e. The summed E-state index contributed by atoms with van der Waals surface area (Å²) in [5.74, 6) is 0. The van der Waals surface area contributed by atoms with Crippen molar-refractivity contribution in [1.82, 2.24) is 4.98 Å². The summed E-state index contributed by atoms with van der Waals surface area (Å²) in [5.41, 5.74) is 4.07. The molecule has 102 valence electrons. The summed E-state index contributed by atoms with van der Waals surface area (Å²) in [5, 5.41) is 0. The first kappa shape index (κ1) is 15.2. The zero-order chi connectivity index (χ0) is 13.2. The Hall–Kier alpha value is -0.850. The summed E-state index contributed by atoms with van der Waals surface area (Å²) < 4.78 is 0. The quantitative estimate of drug-likeness (QED) is 0.534. The first-order chi connectivity index (χ1) is 8.75. The van der Waals surface area contributed by atoms with Crippen molar-refractivity contribution in [2.45, 2.75) is 78.6 Å². The highest BCUT2D eigenvalue weighted by Crippen LogP contribution is 2.14. The molecule has 0 fully saturated rings. The van der Waals surface area contributed by atoms with Gasteiger partial charge in [0, 0.05) is 11.9 Å². The van der Waals surface area contributed by atoms with Crippen LogP contribution < -0.4 is 0 Å². The summed E-state index contributed by atoms with van der Waals surface area (Å²) in [4.78, 5) is 4.50. The fraction of sp³-hybridized carbons (Fsp3) is 0.706. The highest BCUT2D eigenvalue weighted by atomic mass is 14.7. The van der Waals surface area contributed by atoms with Gasteiger partial charge in [0.25, 0.3) is 0 Å². The van der Waals surface area contributed by atoms with Crippen molar-refractivity contribution in [3.63, 3.8) is 0 Å². The van der Waals surface area contributed by atoms with Gasteiger partial charge in [-0.25, -0.2) is 0 Å². The molecule has 0 bridgehead atoms. The molecule has 0 aromatic carbocycles. The third kappa shape index (κ3) is 5.66. The van der Waals surface area contributed by atoms with Gasteiger partial charge in [-0.05, 0) is 43.9 Å². The second-order valence-electron chi connectivity index (χ2n) is 5.42. The van der Waals surface area contributed by atoms with E-state index >= 15 is 0 Å². The molecule has 0 saturated carbocycles. The molecule has 1 nitrogen and oxygen atoms in total. The van der Waals surface area contributed by atoms with Gasteiger partial charge >= 0.3 is 0 Å². The molecule has 0 unspecified atom stereocenters. The van der Waals surface area contributed by atoms with Crippen molar-refractivity contribution < 1.29 is 0 Å². The van der Waals surface area contributed by atoms with Gasteiger partial charge in [0.1, 0.15) is 0 Å². The van der Waals surface area contributed by atoms with E-state index in [2.05, 4.69) is 31.8 Å².